The first kappa shape index (κ1) is 30.6. The fourth-order valence-electron chi connectivity index (χ4n) is 5.31. The van der Waals surface area contributed by atoms with Gasteiger partial charge in [-0.3, -0.25) is 19.3 Å². The van der Waals surface area contributed by atoms with Crippen LogP contribution in [0.25, 0.3) is 10.8 Å². The number of carbonyl (C=O) groups excluding carboxylic acids is 4. The van der Waals surface area contributed by atoms with Gasteiger partial charge in [0.2, 0.25) is 11.8 Å². The highest BCUT2D eigenvalue weighted by Crippen LogP contribution is 2.37. The number of fused-ring (bicyclic) bond motifs is 2. The van der Waals surface area contributed by atoms with Crippen molar-refractivity contribution in [2.45, 2.75) is 78.7 Å². The highest BCUT2D eigenvalue weighted by atomic mass is 16.6. The molecule has 0 aromatic heterocycles. The van der Waals surface area contributed by atoms with Crippen molar-refractivity contribution in [3.8, 4) is 0 Å². The van der Waals surface area contributed by atoms with Gasteiger partial charge in [0.25, 0.3) is 5.91 Å². The molecule has 0 spiro atoms. The van der Waals surface area contributed by atoms with Gasteiger partial charge in [0, 0.05) is 14.0 Å². The molecule has 0 bridgehead atoms. The van der Waals surface area contributed by atoms with Gasteiger partial charge < -0.3 is 19.9 Å². The summed E-state index contributed by atoms with van der Waals surface area (Å²) in [5, 5.41) is 4.95. The molecule has 0 aliphatic carbocycles. The summed E-state index contributed by atoms with van der Waals surface area (Å²) in [6, 6.07) is 16.6. The van der Waals surface area contributed by atoms with Gasteiger partial charge >= 0.3 is 6.09 Å². The Morgan fingerprint density at radius 1 is 1.00 bits per heavy atom. The maximum absolute atomic E-state index is 14.5. The molecule has 1 aliphatic heterocycles. The highest BCUT2D eigenvalue weighted by Gasteiger charge is 2.42. The van der Waals surface area contributed by atoms with Gasteiger partial charge in [0.15, 0.2) is 0 Å². The summed E-state index contributed by atoms with van der Waals surface area (Å²) in [5.41, 5.74) is 2.42. The number of nitrogens with one attached hydrogen (secondary N) is 1. The van der Waals surface area contributed by atoms with Crippen LogP contribution in [0.3, 0.4) is 0 Å². The second-order valence-corrected chi connectivity index (χ2v) is 11.9. The van der Waals surface area contributed by atoms with Crippen LogP contribution in [0.1, 0.15) is 52.7 Å². The monoisotopic (exact) mass is 572 g/mol. The average Bonchev–Trinajstić information content (AvgIpc) is 3.01. The minimum Gasteiger partial charge on any atom is -0.444 e. The van der Waals surface area contributed by atoms with E-state index in [9.17, 15) is 19.2 Å². The molecule has 4 rings (SSSR count). The van der Waals surface area contributed by atoms with Crippen molar-refractivity contribution in [2.75, 3.05) is 16.8 Å². The number of hydrogen-bond acceptors (Lipinski definition) is 5. The van der Waals surface area contributed by atoms with E-state index in [0.29, 0.717) is 11.4 Å². The summed E-state index contributed by atoms with van der Waals surface area (Å²) in [6.45, 7) is 12.2. The Morgan fingerprint density at radius 2 is 1.62 bits per heavy atom. The van der Waals surface area contributed by atoms with E-state index < -0.39 is 35.7 Å². The van der Waals surface area contributed by atoms with Crippen molar-refractivity contribution in [3.05, 3.63) is 71.8 Å². The van der Waals surface area contributed by atoms with Crippen LogP contribution >= 0.6 is 0 Å². The average molecular weight is 573 g/mol. The maximum Gasteiger partial charge on any atom is 0.410 e. The van der Waals surface area contributed by atoms with Gasteiger partial charge in [-0.25, -0.2) is 4.79 Å². The number of nitrogens with zero attached hydrogens (tertiary/aromatic N) is 3. The van der Waals surface area contributed by atoms with Crippen LogP contribution in [0.5, 0.6) is 0 Å². The number of amides is 4. The molecule has 222 valence electrons. The van der Waals surface area contributed by atoms with E-state index in [1.54, 1.807) is 44.4 Å². The zero-order chi connectivity index (χ0) is 30.9. The number of para-hydroxylation sites is 2. The first-order valence-corrected chi connectivity index (χ1v) is 14.1. The van der Waals surface area contributed by atoms with Gasteiger partial charge in [-0.15, -0.1) is 0 Å². The fourth-order valence-corrected chi connectivity index (χ4v) is 5.31. The summed E-state index contributed by atoms with van der Waals surface area (Å²) in [4.78, 5) is 58.1. The maximum atomic E-state index is 14.5. The third-order valence-electron chi connectivity index (χ3n) is 7.72. The molecular formula is C33H40N4O5. The molecule has 0 radical (unpaired) electrons. The van der Waals surface area contributed by atoms with E-state index >= 15 is 0 Å². The molecular weight excluding hydrogens is 532 g/mol. The summed E-state index contributed by atoms with van der Waals surface area (Å²) < 4.78 is 5.42. The molecule has 1 aliphatic rings. The van der Waals surface area contributed by atoms with E-state index in [1.165, 1.54) is 18.9 Å². The van der Waals surface area contributed by atoms with E-state index in [1.807, 2.05) is 61.5 Å². The standard InChI is InChI=1S/C33H40N4O5/c1-20-17-18-24-13-9-10-14-25(24)26(20)19-36-27-15-11-12-16-28(27)37(23(4)38)21(2)29(31(36)40)34-30(39)22(3)35(8)32(41)42-33(5,6)7/h9-18,21-22,29H,19H2,1-8H3,(H,34,39)/t21-,22-,29-/m0/s1. The lowest BCUT2D eigenvalue weighted by molar-refractivity contribution is -0.131. The predicted octanol–water partition coefficient (Wildman–Crippen LogP) is 5.18. The number of benzene rings is 3. The summed E-state index contributed by atoms with van der Waals surface area (Å²) in [6.07, 6.45) is -0.656. The topological polar surface area (TPSA) is 99.3 Å². The van der Waals surface area contributed by atoms with Gasteiger partial charge in [0.05, 0.1) is 24.0 Å². The third kappa shape index (κ3) is 6.10. The zero-order valence-corrected chi connectivity index (χ0v) is 25.6. The van der Waals surface area contributed by atoms with Crippen LogP contribution < -0.4 is 15.1 Å². The molecule has 4 amide bonds. The normalized spacial score (nSPS) is 17.8. The number of carbonyl (C=O) groups is 4. The summed E-state index contributed by atoms with van der Waals surface area (Å²) in [5.74, 6) is -1.15. The van der Waals surface area contributed by atoms with E-state index in [-0.39, 0.29) is 18.4 Å². The predicted molar refractivity (Wildman–Crippen MR) is 164 cm³/mol. The number of likely N-dealkylation sites (N-methyl/N-ethyl adjacent to an activating group) is 1. The van der Waals surface area contributed by atoms with E-state index in [0.717, 1.165) is 21.9 Å². The molecule has 0 saturated heterocycles. The second-order valence-electron chi connectivity index (χ2n) is 11.9. The molecule has 3 aromatic rings. The Bertz CT molecular complexity index is 1530. The van der Waals surface area contributed by atoms with Crippen LogP contribution in [0.4, 0.5) is 16.2 Å². The van der Waals surface area contributed by atoms with Gasteiger partial charge in [0.1, 0.15) is 17.7 Å². The number of ether oxygens (including phenoxy) is 1. The number of hydrogen-bond donors (Lipinski definition) is 1. The lowest BCUT2D eigenvalue weighted by Gasteiger charge is -2.33. The minimum absolute atomic E-state index is 0.237. The van der Waals surface area contributed by atoms with Crippen molar-refractivity contribution in [2.24, 2.45) is 0 Å². The fraction of sp³-hybridized carbons (Fsp3) is 0.394. The molecule has 9 nitrogen and oxygen atoms in total. The SMILES string of the molecule is CC(=O)N1c2ccccc2N(Cc2c(C)ccc3ccccc23)C(=O)[C@@H](NC(=O)[C@H](C)N(C)C(=O)OC(C)(C)C)[C@@H]1C. The first-order chi connectivity index (χ1) is 19.7. The van der Waals surface area contributed by atoms with Crippen molar-refractivity contribution >= 4 is 46.0 Å². The summed E-state index contributed by atoms with van der Waals surface area (Å²) in [7, 11) is 1.48. The molecule has 0 fully saturated rings. The van der Waals surface area contributed by atoms with Crippen molar-refractivity contribution in [1.82, 2.24) is 10.2 Å². The molecule has 9 heteroatoms. The molecule has 1 heterocycles. The molecule has 0 saturated carbocycles. The smallest absolute Gasteiger partial charge is 0.410 e. The zero-order valence-electron chi connectivity index (χ0n) is 25.6. The van der Waals surface area contributed by atoms with Crippen molar-refractivity contribution in [1.29, 1.82) is 0 Å². The third-order valence-corrected chi connectivity index (χ3v) is 7.72. The highest BCUT2D eigenvalue weighted by molar-refractivity contribution is 6.09. The van der Waals surface area contributed by atoms with Crippen LogP contribution in [0, 0.1) is 6.92 Å². The lowest BCUT2D eigenvalue weighted by Crippen LogP contribution is -2.60. The van der Waals surface area contributed by atoms with Crippen LogP contribution in [-0.4, -0.2) is 59.5 Å². The van der Waals surface area contributed by atoms with E-state index in [2.05, 4.69) is 11.4 Å². The van der Waals surface area contributed by atoms with E-state index in [4.69, 9.17) is 4.74 Å². The number of anilines is 2. The Morgan fingerprint density at radius 3 is 2.26 bits per heavy atom. The molecule has 3 aromatic carbocycles. The molecule has 0 unspecified atom stereocenters. The number of rotatable bonds is 5. The Kier molecular flexibility index (Phi) is 8.61. The van der Waals surface area contributed by atoms with Gasteiger partial charge in [-0.2, -0.15) is 0 Å². The quantitative estimate of drug-likeness (QED) is 0.455. The van der Waals surface area contributed by atoms with Gasteiger partial charge in [-0.05, 0) is 75.6 Å². The van der Waals surface area contributed by atoms with Gasteiger partial charge in [-0.1, -0.05) is 48.5 Å². The summed E-state index contributed by atoms with van der Waals surface area (Å²) >= 11 is 0. The van der Waals surface area contributed by atoms with Crippen LogP contribution in [0.2, 0.25) is 0 Å². The Labute approximate surface area is 247 Å². The minimum atomic E-state index is -1.08. The number of aryl methyl sites for hydroxylation is 1. The lowest BCUT2D eigenvalue weighted by atomic mass is 9.98. The van der Waals surface area contributed by atoms with Crippen LogP contribution in [-0.2, 0) is 25.7 Å². The second kappa shape index (κ2) is 11.8. The Hall–Kier alpha value is -4.40. The molecule has 1 N–H and O–H groups in total. The first-order valence-electron chi connectivity index (χ1n) is 14.1. The van der Waals surface area contributed by atoms with Crippen LogP contribution in [0.15, 0.2) is 60.7 Å². The Balaban J connectivity index is 1.75. The largest absolute Gasteiger partial charge is 0.444 e. The van der Waals surface area contributed by atoms with Crippen molar-refractivity contribution < 1.29 is 23.9 Å². The molecule has 42 heavy (non-hydrogen) atoms. The van der Waals surface area contributed by atoms with Crippen molar-refractivity contribution in [3.63, 3.8) is 0 Å². The molecule has 3 atom stereocenters.